The maximum Gasteiger partial charge on any atom is 0.338 e. The van der Waals surface area contributed by atoms with Crippen molar-refractivity contribution in [1.29, 1.82) is 0 Å². The molecule has 0 atom stereocenters. The van der Waals surface area contributed by atoms with Crippen LogP contribution in [0.4, 0.5) is 5.69 Å². The van der Waals surface area contributed by atoms with Gasteiger partial charge in [0.15, 0.2) is 0 Å². The van der Waals surface area contributed by atoms with Crippen molar-refractivity contribution < 1.29 is 14.3 Å². The number of amides is 1. The first kappa shape index (κ1) is 19.1. The molecule has 5 heteroatoms. The van der Waals surface area contributed by atoms with E-state index in [0.717, 1.165) is 34.6 Å². The summed E-state index contributed by atoms with van der Waals surface area (Å²) in [4.78, 5) is 25.0. The van der Waals surface area contributed by atoms with Crippen molar-refractivity contribution in [3.8, 4) is 0 Å². The summed E-state index contributed by atoms with van der Waals surface area (Å²) in [5.41, 5.74) is 3.66. The van der Waals surface area contributed by atoms with Gasteiger partial charge >= 0.3 is 5.97 Å². The second-order valence-corrected chi connectivity index (χ2v) is 6.50. The molecule has 0 fully saturated rings. The number of anilines is 1. The van der Waals surface area contributed by atoms with Crippen molar-refractivity contribution in [3.63, 3.8) is 0 Å². The van der Waals surface area contributed by atoms with Crippen molar-refractivity contribution in [1.82, 2.24) is 0 Å². The zero-order valence-electron chi connectivity index (χ0n) is 14.8. The van der Waals surface area contributed by atoms with E-state index in [4.69, 9.17) is 4.74 Å². The lowest BCUT2D eigenvalue weighted by molar-refractivity contribution is -0.113. The Balaban J connectivity index is 2.09. The zero-order valence-corrected chi connectivity index (χ0v) is 15.6. The van der Waals surface area contributed by atoms with Crippen molar-refractivity contribution >= 4 is 29.3 Å². The molecule has 0 heterocycles. The molecule has 1 N–H and O–H groups in total. The minimum absolute atomic E-state index is 0.0831. The number of benzene rings is 2. The van der Waals surface area contributed by atoms with Crippen LogP contribution in [0.15, 0.2) is 47.4 Å². The Labute approximate surface area is 153 Å². The molecule has 0 aliphatic rings. The third-order valence-corrected chi connectivity index (χ3v) is 4.99. The third-order valence-electron chi connectivity index (χ3n) is 3.91. The quantitative estimate of drug-likeness (QED) is 0.592. The number of thioether (sulfide) groups is 1. The number of para-hydroxylation sites is 1. The minimum Gasteiger partial charge on any atom is -0.465 e. The third kappa shape index (κ3) is 4.86. The van der Waals surface area contributed by atoms with Crippen molar-refractivity contribution in [2.45, 2.75) is 31.6 Å². The lowest BCUT2D eigenvalue weighted by atomic mass is 10.0. The van der Waals surface area contributed by atoms with E-state index < -0.39 is 5.97 Å². The average Bonchev–Trinajstić information content (AvgIpc) is 2.66. The topological polar surface area (TPSA) is 55.4 Å². The van der Waals surface area contributed by atoms with Gasteiger partial charge in [-0.25, -0.2) is 4.79 Å². The first-order chi connectivity index (χ1) is 12.1. The van der Waals surface area contributed by atoms with Gasteiger partial charge in [0.05, 0.1) is 18.4 Å². The number of aryl methyl sites for hydroxylation is 2. The lowest BCUT2D eigenvalue weighted by Gasteiger charge is -2.14. The summed E-state index contributed by atoms with van der Waals surface area (Å²) in [6.07, 6.45) is 1.73. The fourth-order valence-corrected chi connectivity index (χ4v) is 3.43. The van der Waals surface area contributed by atoms with E-state index >= 15 is 0 Å². The molecule has 0 aliphatic carbocycles. The molecule has 2 rings (SSSR count). The van der Waals surface area contributed by atoms with E-state index in [1.807, 2.05) is 30.3 Å². The van der Waals surface area contributed by atoms with Crippen LogP contribution in [0.2, 0.25) is 0 Å². The highest BCUT2D eigenvalue weighted by Gasteiger charge is 2.14. The van der Waals surface area contributed by atoms with Crippen LogP contribution >= 0.6 is 11.8 Å². The molecule has 0 saturated heterocycles. The molecule has 2 aromatic rings. The van der Waals surface area contributed by atoms with Crippen LogP contribution < -0.4 is 5.32 Å². The average molecular weight is 357 g/mol. The predicted octanol–water partition coefficient (Wildman–Crippen LogP) is 4.33. The van der Waals surface area contributed by atoms with E-state index in [1.54, 1.807) is 12.1 Å². The van der Waals surface area contributed by atoms with Crippen molar-refractivity contribution in [3.05, 3.63) is 59.2 Å². The Morgan fingerprint density at radius 1 is 1.00 bits per heavy atom. The van der Waals surface area contributed by atoms with E-state index in [2.05, 4.69) is 19.2 Å². The van der Waals surface area contributed by atoms with Gasteiger partial charge in [-0.1, -0.05) is 44.2 Å². The number of hydrogen-bond donors (Lipinski definition) is 1. The molecule has 0 unspecified atom stereocenters. The number of methoxy groups -OCH3 is 1. The van der Waals surface area contributed by atoms with Crippen LogP contribution in [0, 0.1) is 0 Å². The van der Waals surface area contributed by atoms with Crippen LogP contribution in [0.3, 0.4) is 0 Å². The number of nitrogens with one attached hydrogen (secondary N) is 1. The van der Waals surface area contributed by atoms with Gasteiger partial charge in [-0.3, -0.25) is 4.79 Å². The molecule has 0 bridgehead atoms. The number of rotatable bonds is 7. The zero-order chi connectivity index (χ0) is 18.2. The molecule has 25 heavy (non-hydrogen) atoms. The van der Waals surface area contributed by atoms with Gasteiger partial charge in [-0.05, 0) is 36.1 Å². The Kier molecular flexibility index (Phi) is 7.07. The molecule has 0 aliphatic heterocycles. The van der Waals surface area contributed by atoms with Crippen LogP contribution in [0.5, 0.6) is 0 Å². The van der Waals surface area contributed by atoms with Crippen LogP contribution in [0.25, 0.3) is 0 Å². The molecule has 2 aromatic carbocycles. The summed E-state index contributed by atoms with van der Waals surface area (Å²) in [7, 11) is 1.35. The van der Waals surface area contributed by atoms with E-state index in [1.165, 1.54) is 18.9 Å². The standard InChI is InChI=1S/C20H23NO3S/c1-4-14-9-8-10-15(5-2)19(14)21-18(22)13-25-17-12-7-6-11-16(17)20(23)24-3/h6-12H,4-5,13H2,1-3H3,(H,21,22). The summed E-state index contributed by atoms with van der Waals surface area (Å²) in [5.74, 6) is -0.247. The van der Waals surface area contributed by atoms with Crippen LogP contribution in [-0.4, -0.2) is 24.7 Å². The Morgan fingerprint density at radius 3 is 2.24 bits per heavy atom. The monoisotopic (exact) mass is 357 g/mol. The summed E-state index contributed by atoms with van der Waals surface area (Å²) >= 11 is 1.33. The number of carbonyl (C=O) groups is 2. The molecular weight excluding hydrogens is 334 g/mol. The summed E-state index contributed by atoms with van der Waals surface area (Å²) < 4.78 is 4.79. The molecule has 0 radical (unpaired) electrons. The SMILES string of the molecule is CCc1cccc(CC)c1NC(=O)CSc1ccccc1C(=O)OC. The number of hydrogen-bond acceptors (Lipinski definition) is 4. The molecule has 132 valence electrons. The van der Waals surface area contributed by atoms with E-state index in [-0.39, 0.29) is 11.7 Å². The largest absolute Gasteiger partial charge is 0.465 e. The number of esters is 1. The maximum absolute atomic E-state index is 12.4. The van der Waals surface area contributed by atoms with Gasteiger partial charge in [0.25, 0.3) is 0 Å². The summed E-state index contributed by atoms with van der Waals surface area (Å²) in [5, 5.41) is 3.04. The molecule has 4 nitrogen and oxygen atoms in total. The smallest absolute Gasteiger partial charge is 0.338 e. The van der Waals surface area contributed by atoms with Crippen LogP contribution in [0.1, 0.15) is 35.3 Å². The van der Waals surface area contributed by atoms with Gasteiger partial charge in [0.1, 0.15) is 0 Å². The van der Waals surface area contributed by atoms with Crippen molar-refractivity contribution in [2.75, 3.05) is 18.2 Å². The fraction of sp³-hybridized carbons (Fsp3) is 0.300. The second kappa shape index (κ2) is 9.28. The molecular formula is C20H23NO3S. The molecule has 0 aromatic heterocycles. The Hall–Kier alpha value is -2.27. The highest BCUT2D eigenvalue weighted by Crippen LogP contribution is 2.25. The molecule has 0 saturated carbocycles. The Bertz CT molecular complexity index is 736. The molecule has 0 spiro atoms. The van der Waals surface area contributed by atoms with Crippen LogP contribution in [-0.2, 0) is 22.4 Å². The minimum atomic E-state index is -0.395. The highest BCUT2D eigenvalue weighted by molar-refractivity contribution is 8.00. The first-order valence-electron chi connectivity index (χ1n) is 8.31. The summed E-state index contributed by atoms with van der Waals surface area (Å²) in [6, 6.07) is 13.2. The van der Waals surface area contributed by atoms with E-state index in [9.17, 15) is 9.59 Å². The van der Waals surface area contributed by atoms with Gasteiger partial charge in [-0.2, -0.15) is 0 Å². The van der Waals surface area contributed by atoms with E-state index in [0.29, 0.717) is 5.56 Å². The number of carbonyl (C=O) groups excluding carboxylic acids is 2. The first-order valence-corrected chi connectivity index (χ1v) is 9.30. The van der Waals surface area contributed by atoms with Gasteiger partial charge in [0.2, 0.25) is 5.91 Å². The van der Waals surface area contributed by atoms with Gasteiger partial charge in [-0.15, -0.1) is 11.8 Å². The Morgan fingerprint density at radius 2 is 1.64 bits per heavy atom. The number of ether oxygens (including phenoxy) is 1. The fourth-order valence-electron chi connectivity index (χ4n) is 2.59. The molecule has 1 amide bonds. The maximum atomic E-state index is 12.4. The van der Waals surface area contributed by atoms with Gasteiger partial charge < -0.3 is 10.1 Å². The predicted molar refractivity (Wildman–Crippen MR) is 102 cm³/mol. The van der Waals surface area contributed by atoms with Crippen molar-refractivity contribution in [2.24, 2.45) is 0 Å². The van der Waals surface area contributed by atoms with Gasteiger partial charge in [0, 0.05) is 10.6 Å². The second-order valence-electron chi connectivity index (χ2n) is 5.48. The highest BCUT2D eigenvalue weighted by atomic mass is 32.2. The lowest BCUT2D eigenvalue weighted by Crippen LogP contribution is -2.17. The summed E-state index contributed by atoms with van der Waals surface area (Å²) in [6.45, 7) is 4.15. The normalized spacial score (nSPS) is 10.4.